The Morgan fingerprint density at radius 3 is 2.83 bits per heavy atom. The average Bonchev–Trinajstić information content (AvgIpc) is 2.35. The van der Waals surface area contributed by atoms with Crippen LogP contribution in [0.5, 0.6) is 0 Å². The molecule has 1 aromatic rings. The minimum absolute atomic E-state index is 0.389. The number of hydrogen-bond acceptors (Lipinski definition) is 5. The average molecular weight is 273 g/mol. The zero-order chi connectivity index (χ0) is 13.4. The van der Waals surface area contributed by atoms with Gasteiger partial charge in [0.1, 0.15) is 17.6 Å². The number of hydrogen-bond donors (Lipinski definition) is 1. The maximum absolute atomic E-state index is 5.94. The van der Waals surface area contributed by atoms with Gasteiger partial charge >= 0.3 is 0 Å². The van der Waals surface area contributed by atoms with Crippen LogP contribution in [0.25, 0.3) is 0 Å². The second kappa shape index (κ2) is 8.24. The Balaban J connectivity index is 2.51. The fourth-order valence-electron chi connectivity index (χ4n) is 1.35. The number of aromatic nitrogens is 2. The van der Waals surface area contributed by atoms with E-state index in [0.717, 1.165) is 25.5 Å². The molecule has 6 heteroatoms. The third-order valence-electron chi connectivity index (χ3n) is 2.52. The predicted molar refractivity (Wildman–Crippen MR) is 74.0 cm³/mol. The summed E-state index contributed by atoms with van der Waals surface area (Å²) in [5.41, 5.74) is 0. The van der Waals surface area contributed by atoms with Gasteiger partial charge in [-0.2, -0.15) is 0 Å². The Morgan fingerprint density at radius 2 is 2.17 bits per heavy atom. The van der Waals surface area contributed by atoms with E-state index in [0.29, 0.717) is 24.2 Å². The molecule has 0 saturated carbocycles. The standard InChI is InChI=1S/C12H21ClN4O/c1-4-17(3)7-6-14-11-8-10(13)15-12(16-11)9-18-5-2/h8H,4-7,9H2,1-3H3,(H,14,15,16). The number of anilines is 1. The van der Waals surface area contributed by atoms with Gasteiger partial charge in [0.25, 0.3) is 0 Å². The quantitative estimate of drug-likeness (QED) is 0.734. The summed E-state index contributed by atoms with van der Waals surface area (Å²) in [5.74, 6) is 1.35. The largest absolute Gasteiger partial charge is 0.374 e. The van der Waals surface area contributed by atoms with Crippen LogP contribution in [0, 0.1) is 0 Å². The van der Waals surface area contributed by atoms with Gasteiger partial charge in [0, 0.05) is 25.8 Å². The normalized spacial score (nSPS) is 10.9. The van der Waals surface area contributed by atoms with E-state index in [1.807, 2.05) is 6.92 Å². The minimum atomic E-state index is 0.389. The van der Waals surface area contributed by atoms with Crippen molar-refractivity contribution in [3.05, 3.63) is 17.0 Å². The molecule has 0 spiro atoms. The molecule has 0 saturated heterocycles. The zero-order valence-electron chi connectivity index (χ0n) is 11.2. The highest BCUT2D eigenvalue weighted by molar-refractivity contribution is 6.29. The second-order valence-electron chi connectivity index (χ2n) is 3.95. The van der Waals surface area contributed by atoms with E-state index < -0.39 is 0 Å². The lowest BCUT2D eigenvalue weighted by molar-refractivity contribution is 0.128. The highest BCUT2D eigenvalue weighted by Gasteiger charge is 2.03. The maximum Gasteiger partial charge on any atom is 0.158 e. The number of nitrogens with one attached hydrogen (secondary N) is 1. The first kappa shape index (κ1) is 15.1. The van der Waals surface area contributed by atoms with Gasteiger partial charge in [-0.25, -0.2) is 9.97 Å². The van der Waals surface area contributed by atoms with Crippen LogP contribution >= 0.6 is 11.6 Å². The van der Waals surface area contributed by atoms with Gasteiger partial charge in [0.15, 0.2) is 5.82 Å². The second-order valence-corrected chi connectivity index (χ2v) is 4.34. The highest BCUT2D eigenvalue weighted by atomic mass is 35.5. The van der Waals surface area contributed by atoms with Crippen molar-refractivity contribution in [3.63, 3.8) is 0 Å². The van der Waals surface area contributed by atoms with Crippen LogP contribution in [0.3, 0.4) is 0 Å². The summed E-state index contributed by atoms with van der Waals surface area (Å²) in [7, 11) is 2.08. The molecule has 0 atom stereocenters. The Labute approximate surface area is 114 Å². The smallest absolute Gasteiger partial charge is 0.158 e. The van der Waals surface area contributed by atoms with Crippen molar-refractivity contribution in [1.82, 2.24) is 14.9 Å². The fraction of sp³-hybridized carbons (Fsp3) is 0.667. The van der Waals surface area contributed by atoms with Crippen molar-refractivity contribution in [3.8, 4) is 0 Å². The summed E-state index contributed by atoms with van der Waals surface area (Å²) in [4.78, 5) is 10.7. The van der Waals surface area contributed by atoms with Gasteiger partial charge in [-0.05, 0) is 20.5 Å². The van der Waals surface area contributed by atoms with E-state index in [2.05, 4.69) is 34.2 Å². The molecular formula is C12H21ClN4O. The van der Waals surface area contributed by atoms with Gasteiger partial charge < -0.3 is 15.0 Å². The van der Waals surface area contributed by atoms with E-state index in [4.69, 9.17) is 16.3 Å². The first-order valence-corrected chi connectivity index (χ1v) is 6.57. The summed E-state index contributed by atoms with van der Waals surface area (Å²) < 4.78 is 5.27. The summed E-state index contributed by atoms with van der Waals surface area (Å²) in [6, 6.07) is 1.73. The zero-order valence-corrected chi connectivity index (χ0v) is 12.0. The lowest BCUT2D eigenvalue weighted by Gasteiger charge is -2.14. The number of halogens is 1. The Kier molecular flexibility index (Phi) is 6.93. The maximum atomic E-state index is 5.94. The van der Waals surface area contributed by atoms with E-state index in [-0.39, 0.29) is 0 Å². The Morgan fingerprint density at radius 1 is 1.39 bits per heavy atom. The lowest BCUT2D eigenvalue weighted by atomic mass is 10.5. The van der Waals surface area contributed by atoms with Crippen LogP contribution in [0.2, 0.25) is 5.15 Å². The molecule has 0 fully saturated rings. The van der Waals surface area contributed by atoms with Crippen LogP contribution in [-0.2, 0) is 11.3 Å². The van der Waals surface area contributed by atoms with Crippen molar-refractivity contribution in [1.29, 1.82) is 0 Å². The first-order valence-electron chi connectivity index (χ1n) is 6.19. The lowest BCUT2D eigenvalue weighted by Crippen LogP contribution is -2.25. The number of nitrogens with zero attached hydrogens (tertiary/aromatic N) is 3. The van der Waals surface area contributed by atoms with Crippen LogP contribution in [-0.4, -0.2) is 48.2 Å². The Hall–Kier alpha value is -0.910. The molecule has 18 heavy (non-hydrogen) atoms. The molecular weight excluding hydrogens is 252 g/mol. The Bertz CT molecular complexity index is 362. The third kappa shape index (κ3) is 5.62. The van der Waals surface area contributed by atoms with Crippen molar-refractivity contribution in [2.45, 2.75) is 20.5 Å². The highest BCUT2D eigenvalue weighted by Crippen LogP contribution is 2.11. The van der Waals surface area contributed by atoms with Gasteiger partial charge in [-0.1, -0.05) is 18.5 Å². The minimum Gasteiger partial charge on any atom is -0.374 e. The molecule has 0 unspecified atom stereocenters. The molecule has 0 aromatic carbocycles. The van der Waals surface area contributed by atoms with Crippen molar-refractivity contribution in [2.24, 2.45) is 0 Å². The van der Waals surface area contributed by atoms with Gasteiger partial charge in [0.05, 0.1) is 0 Å². The van der Waals surface area contributed by atoms with Gasteiger partial charge in [0.2, 0.25) is 0 Å². The number of rotatable bonds is 8. The van der Waals surface area contributed by atoms with E-state index in [1.54, 1.807) is 6.07 Å². The molecule has 0 radical (unpaired) electrons. The van der Waals surface area contributed by atoms with E-state index >= 15 is 0 Å². The summed E-state index contributed by atoms with van der Waals surface area (Å²) in [5, 5.41) is 3.67. The molecule has 5 nitrogen and oxygen atoms in total. The molecule has 0 amide bonds. The molecule has 0 aliphatic heterocycles. The molecule has 1 aromatic heterocycles. The SMILES string of the molecule is CCOCc1nc(Cl)cc(NCCN(C)CC)n1. The third-order valence-corrected chi connectivity index (χ3v) is 2.71. The number of likely N-dealkylation sites (N-methyl/N-ethyl adjacent to an activating group) is 1. The molecule has 0 bridgehead atoms. The molecule has 0 aliphatic carbocycles. The molecule has 0 aliphatic rings. The first-order chi connectivity index (χ1) is 8.65. The summed E-state index contributed by atoms with van der Waals surface area (Å²) in [6.07, 6.45) is 0. The van der Waals surface area contributed by atoms with Crippen molar-refractivity contribution in [2.75, 3.05) is 38.6 Å². The van der Waals surface area contributed by atoms with Crippen LogP contribution < -0.4 is 5.32 Å². The van der Waals surface area contributed by atoms with Crippen LogP contribution in [0.4, 0.5) is 5.82 Å². The van der Waals surface area contributed by atoms with Crippen LogP contribution in [0.1, 0.15) is 19.7 Å². The summed E-state index contributed by atoms with van der Waals surface area (Å²) in [6.45, 7) is 7.90. The van der Waals surface area contributed by atoms with Crippen LogP contribution in [0.15, 0.2) is 6.07 Å². The van der Waals surface area contributed by atoms with E-state index in [1.165, 1.54) is 0 Å². The van der Waals surface area contributed by atoms with E-state index in [9.17, 15) is 0 Å². The molecule has 1 rings (SSSR count). The van der Waals surface area contributed by atoms with Gasteiger partial charge in [-0.3, -0.25) is 0 Å². The topological polar surface area (TPSA) is 50.3 Å². The summed E-state index contributed by atoms with van der Waals surface area (Å²) >= 11 is 5.94. The monoisotopic (exact) mass is 272 g/mol. The van der Waals surface area contributed by atoms with Gasteiger partial charge in [-0.15, -0.1) is 0 Å². The predicted octanol–water partition coefficient (Wildman–Crippen LogP) is 2.03. The molecule has 1 N–H and O–H groups in total. The fourth-order valence-corrected chi connectivity index (χ4v) is 1.55. The van der Waals surface area contributed by atoms with Crippen molar-refractivity contribution >= 4 is 17.4 Å². The molecule has 1 heterocycles. The molecule has 102 valence electrons. The number of ether oxygens (including phenoxy) is 1. The van der Waals surface area contributed by atoms with Crippen molar-refractivity contribution < 1.29 is 4.74 Å².